The summed E-state index contributed by atoms with van der Waals surface area (Å²) in [5, 5.41) is 6.31. The molecule has 2 aliphatic rings. The summed E-state index contributed by atoms with van der Waals surface area (Å²) >= 11 is 0. The Morgan fingerprint density at radius 2 is 2.33 bits per heavy atom. The van der Waals surface area contributed by atoms with Gasteiger partial charge < -0.3 is 15.5 Å². The molecule has 2 N–H and O–H groups in total. The third kappa shape index (κ3) is 3.59. The molecule has 0 bridgehead atoms. The van der Waals surface area contributed by atoms with Crippen molar-refractivity contribution in [1.29, 1.82) is 0 Å². The van der Waals surface area contributed by atoms with E-state index in [9.17, 15) is 9.59 Å². The Balaban J connectivity index is 0.00000162. The number of halogens is 1. The normalized spacial score (nSPS) is 27.8. The van der Waals surface area contributed by atoms with Crippen LogP contribution in [0.15, 0.2) is 0 Å². The zero-order valence-electron chi connectivity index (χ0n) is 10.8. The van der Waals surface area contributed by atoms with Crippen LogP contribution in [0.3, 0.4) is 0 Å². The molecule has 0 spiro atoms. The van der Waals surface area contributed by atoms with Crippen molar-refractivity contribution in [2.24, 2.45) is 5.92 Å². The Morgan fingerprint density at radius 3 is 2.89 bits per heavy atom. The number of amides is 2. The minimum absolute atomic E-state index is 0. The third-order valence-corrected chi connectivity index (χ3v) is 3.61. The largest absolute Gasteiger partial charge is 0.352 e. The SMILES string of the molecule is CCN1CC(C(=O)NC2CCCNC2)CC1=O.Cl. The lowest BCUT2D eigenvalue weighted by Crippen LogP contribution is -2.47. The third-order valence-electron chi connectivity index (χ3n) is 3.61. The standard InChI is InChI=1S/C12H21N3O2.ClH/c1-2-15-8-9(6-11(15)16)12(17)14-10-4-3-5-13-7-10;/h9-10,13H,2-8H2,1H3,(H,14,17);1H. The Bertz CT molecular complexity index is 306. The molecule has 0 aliphatic carbocycles. The first-order chi connectivity index (χ1) is 8.20. The summed E-state index contributed by atoms with van der Waals surface area (Å²) in [5.41, 5.74) is 0. The number of carbonyl (C=O) groups excluding carboxylic acids is 2. The molecular formula is C12H22ClN3O2. The van der Waals surface area contributed by atoms with Crippen LogP contribution in [0.1, 0.15) is 26.2 Å². The topological polar surface area (TPSA) is 61.4 Å². The monoisotopic (exact) mass is 275 g/mol. The maximum Gasteiger partial charge on any atom is 0.225 e. The second kappa shape index (κ2) is 6.95. The highest BCUT2D eigenvalue weighted by atomic mass is 35.5. The summed E-state index contributed by atoms with van der Waals surface area (Å²) in [6.07, 6.45) is 2.52. The van der Waals surface area contributed by atoms with E-state index < -0.39 is 0 Å². The molecule has 2 fully saturated rings. The highest BCUT2D eigenvalue weighted by Crippen LogP contribution is 2.18. The van der Waals surface area contributed by atoms with Gasteiger partial charge in [-0.1, -0.05) is 0 Å². The number of likely N-dealkylation sites (tertiary alicyclic amines) is 1. The van der Waals surface area contributed by atoms with Crippen molar-refractivity contribution in [1.82, 2.24) is 15.5 Å². The minimum atomic E-state index is -0.149. The smallest absolute Gasteiger partial charge is 0.225 e. The average Bonchev–Trinajstić information content (AvgIpc) is 2.72. The van der Waals surface area contributed by atoms with Crippen molar-refractivity contribution in [3.05, 3.63) is 0 Å². The molecule has 2 rings (SSSR count). The number of hydrogen-bond acceptors (Lipinski definition) is 3. The molecule has 104 valence electrons. The van der Waals surface area contributed by atoms with E-state index in [0.717, 1.165) is 25.9 Å². The fraction of sp³-hybridized carbons (Fsp3) is 0.833. The molecule has 18 heavy (non-hydrogen) atoms. The van der Waals surface area contributed by atoms with Gasteiger partial charge in [-0.15, -0.1) is 12.4 Å². The van der Waals surface area contributed by atoms with E-state index in [0.29, 0.717) is 19.5 Å². The van der Waals surface area contributed by atoms with Crippen molar-refractivity contribution < 1.29 is 9.59 Å². The average molecular weight is 276 g/mol. The van der Waals surface area contributed by atoms with Gasteiger partial charge in [-0.2, -0.15) is 0 Å². The Morgan fingerprint density at radius 1 is 1.56 bits per heavy atom. The van der Waals surface area contributed by atoms with Crippen LogP contribution in [-0.4, -0.2) is 48.9 Å². The lowest BCUT2D eigenvalue weighted by atomic mass is 10.0. The van der Waals surface area contributed by atoms with Crippen LogP contribution >= 0.6 is 12.4 Å². The van der Waals surface area contributed by atoms with Gasteiger partial charge in [-0.05, 0) is 26.3 Å². The molecule has 6 heteroatoms. The van der Waals surface area contributed by atoms with Crippen LogP contribution in [0, 0.1) is 5.92 Å². The Hall–Kier alpha value is -0.810. The van der Waals surface area contributed by atoms with E-state index in [4.69, 9.17) is 0 Å². The summed E-state index contributed by atoms with van der Waals surface area (Å²) in [4.78, 5) is 25.3. The summed E-state index contributed by atoms with van der Waals surface area (Å²) in [6, 6.07) is 0.238. The minimum Gasteiger partial charge on any atom is -0.352 e. The summed E-state index contributed by atoms with van der Waals surface area (Å²) in [7, 11) is 0. The van der Waals surface area contributed by atoms with Gasteiger partial charge >= 0.3 is 0 Å². The predicted octanol–water partition coefficient (Wildman–Crippen LogP) is 0.145. The van der Waals surface area contributed by atoms with Crippen LogP contribution in [0.25, 0.3) is 0 Å². The molecule has 0 saturated carbocycles. The quantitative estimate of drug-likeness (QED) is 0.771. The molecule has 2 saturated heterocycles. The van der Waals surface area contributed by atoms with Gasteiger partial charge in [0.05, 0.1) is 5.92 Å². The second-order valence-electron chi connectivity index (χ2n) is 4.89. The van der Waals surface area contributed by atoms with Gasteiger partial charge in [0.25, 0.3) is 0 Å². The van der Waals surface area contributed by atoms with Crippen molar-refractivity contribution >= 4 is 24.2 Å². The van der Waals surface area contributed by atoms with Crippen molar-refractivity contribution in [2.75, 3.05) is 26.2 Å². The van der Waals surface area contributed by atoms with E-state index in [2.05, 4.69) is 10.6 Å². The van der Waals surface area contributed by atoms with Crippen LogP contribution in [0.4, 0.5) is 0 Å². The summed E-state index contributed by atoms with van der Waals surface area (Å²) in [5.74, 6) is 0.00166. The molecule has 2 unspecified atom stereocenters. The molecule has 2 heterocycles. The van der Waals surface area contributed by atoms with E-state index in [1.165, 1.54) is 0 Å². The molecular weight excluding hydrogens is 254 g/mol. The van der Waals surface area contributed by atoms with Gasteiger partial charge in [0.15, 0.2) is 0 Å². The number of rotatable bonds is 3. The summed E-state index contributed by atoms with van der Waals surface area (Å²) in [6.45, 7) is 5.12. The fourth-order valence-electron chi connectivity index (χ4n) is 2.55. The van der Waals surface area contributed by atoms with E-state index >= 15 is 0 Å². The molecule has 0 radical (unpaired) electrons. The van der Waals surface area contributed by atoms with Gasteiger partial charge in [-0.3, -0.25) is 9.59 Å². The number of hydrogen-bond donors (Lipinski definition) is 2. The number of piperidine rings is 1. The van der Waals surface area contributed by atoms with Crippen molar-refractivity contribution in [3.8, 4) is 0 Å². The number of nitrogens with zero attached hydrogens (tertiary/aromatic N) is 1. The molecule has 0 aromatic carbocycles. The van der Waals surface area contributed by atoms with Crippen molar-refractivity contribution in [2.45, 2.75) is 32.2 Å². The maximum absolute atomic E-state index is 12.0. The van der Waals surface area contributed by atoms with E-state index in [-0.39, 0.29) is 36.2 Å². The first-order valence-electron chi connectivity index (χ1n) is 6.49. The van der Waals surface area contributed by atoms with E-state index in [1.807, 2.05) is 6.92 Å². The maximum atomic E-state index is 12.0. The van der Waals surface area contributed by atoms with Crippen LogP contribution in [0.2, 0.25) is 0 Å². The van der Waals surface area contributed by atoms with Crippen LogP contribution < -0.4 is 10.6 Å². The second-order valence-corrected chi connectivity index (χ2v) is 4.89. The van der Waals surface area contributed by atoms with Crippen molar-refractivity contribution in [3.63, 3.8) is 0 Å². The number of nitrogens with one attached hydrogen (secondary N) is 2. The van der Waals surface area contributed by atoms with Crippen LogP contribution in [0.5, 0.6) is 0 Å². The van der Waals surface area contributed by atoms with Gasteiger partial charge in [0, 0.05) is 32.1 Å². The Kier molecular flexibility index (Phi) is 5.88. The van der Waals surface area contributed by atoms with Gasteiger partial charge in [0.1, 0.15) is 0 Å². The highest BCUT2D eigenvalue weighted by molar-refractivity contribution is 5.89. The lowest BCUT2D eigenvalue weighted by molar-refractivity contribution is -0.129. The predicted molar refractivity (Wildman–Crippen MR) is 71.6 cm³/mol. The van der Waals surface area contributed by atoms with Crippen LogP contribution in [-0.2, 0) is 9.59 Å². The summed E-state index contributed by atoms with van der Waals surface area (Å²) < 4.78 is 0. The molecule has 2 atom stereocenters. The molecule has 2 aliphatic heterocycles. The van der Waals surface area contributed by atoms with Gasteiger partial charge in [-0.25, -0.2) is 0 Å². The Labute approximate surface area is 114 Å². The fourth-order valence-corrected chi connectivity index (χ4v) is 2.55. The molecule has 0 aromatic heterocycles. The molecule has 0 aromatic rings. The van der Waals surface area contributed by atoms with Gasteiger partial charge in [0.2, 0.25) is 11.8 Å². The highest BCUT2D eigenvalue weighted by Gasteiger charge is 2.34. The van der Waals surface area contributed by atoms with E-state index in [1.54, 1.807) is 4.90 Å². The lowest BCUT2D eigenvalue weighted by Gasteiger charge is -2.25. The zero-order valence-corrected chi connectivity index (χ0v) is 11.6. The zero-order chi connectivity index (χ0) is 12.3. The number of carbonyl (C=O) groups is 2. The molecule has 2 amide bonds. The molecule has 5 nitrogen and oxygen atoms in total. The first kappa shape index (κ1) is 15.2. The first-order valence-corrected chi connectivity index (χ1v) is 6.49.